The summed E-state index contributed by atoms with van der Waals surface area (Å²) < 4.78 is 18.6. The van der Waals surface area contributed by atoms with Gasteiger partial charge in [0.25, 0.3) is 11.6 Å². The maximum Gasteiger partial charge on any atom is 0.287 e. The van der Waals surface area contributed by atoms with Crippen LogP contribution < -0.4 is 5.32 Å². The van der Waals surface area contributed by atoms with E-state index in [0.717, 1.165) is 12.0 Å². The van der Waals surface area contributed by atoms with Crippen LogP contribution in [0.5, 0.6) is 0 Å². The number of rotatable bonds is 5. The van der Waals surface area contributed by atoms with Crippen LogP contribution in [0.1, 0.15) is 28.5 Å². The van der Waals surface area contributed by atoms with Crippen molar-refractivity contribution in [1.82, 2.24) is 5.32 Å². The van der Waals surface area contributed by atoms with Crippen molar-refractivity contribution in [2.75, 3.05) is 0 Å². The summed E-state index contributed by atoms with van der Waals surface area (Å²) in [6.45, 7) is 0. The number of nitrogens with zero attached hydrogens (tertiary/aromatic N) is 1. The third kappa shape index (κ3) is 3.61. The van der Waals surface area contributed by atoms with Crippen LogP contribution in [0, 0.1) is 15.9 Å². The first kappa shape index (κ1) is 18.2. The van der Waals surface area contributed by atoms with Gasteiger partial charge in [-0.2, -0.15) is 0 Å². The van der Waals surface area contributed by atoms with Gasteiger partial charge in [-0.05, 0) is 42.3 Å². The highest BCUT2D eigenvalue weighted by Gasteiger charge is 2.40. The van der Waals surface area contributed by atoms with Gasteiger partial charge in [0.05, 0.1) is 9.95 Å². The van der Waals surface area contributed by atoms with Crippen molar-refractivity contribution in [1.29, 1.82) is 0 Å². The van der Waals surface area contributed by atoms with E-state index in [2.05, 4.69) is 5.32 Å². The summed E-state index contributed by atoms with van der Waals surface area (Å²) in [7, 11) is 0. The first-order chi connectivity index (χ1) is 13.4. The molecule has 28 heavy (non-hydrogen) atoms. The van der Waals surface area contributed by atoms with Crippen molar-refractivity contribution >= 4 is 23.2 Å². The van der Waals surface area contributed by atoms with E-state index in [1.165, 1.54) is 36.4 Å². The quantitative estimate of drug-likeness (QED) is 0.486. The lowest BCUT2D eigenvalue weighted by Crippen LogP contribution is -2.26. The van der Waals surface area contributed by atoms with E-state index in [1.807, 2.05) is 0 Å². The molecule has 8 heteroatoms. The van der Waals surface area contributed by atoms with Crippen LogP contribution in [0.25, 0.3) is 11.3 Å². The monoisotopic (exact) mass is 400 g/mol. The zero-order valence-corrected chi connectivity index (χ0v) is 15.2. The highest BCUT2D eigenvalue weighted by molar-refractivity contribution is 6.33. The number of benzene rings is 2. The highest BCUT2D eigenvalue weighted by atomic mass is 35.5. The summed E-state index contributed by atoms with van der Waals surface area (Å²) in [4.78, 5) is 22.7. The summed E-state index contributed by atoms with van der Waals surface area (Å²) in [5, 5.41) is 13.8. The van der Waals surface area contributed by atoms with Crippen LogP contribution in [0.4, 0.5) is 10.1 Å². The van der Waals surface area contributed by atoms with Crippen molar-refractivity contribution in [3.05, 3.63) is 86.9 Å². The number of carbonyl (C=O) groups excluding carboxylic acids is 1. The van der Waals surface area contributed by atoms with Gasteiger partial charge in [-0.15, -0.1) is 0 Å². The average molecular weight is 401 g/mol. The molecule has 1 amide bonds. The fourth-order valence-corrected chi connectivity index (χ4v) is 3.36. The molecule has 142 valence electrons. The predicted octanol–water partition coefficient (Wildman–Crippen LogP) is 4.93. The van der Waals surface area contributed by atoms with Gasteiger partial charge in [-0.25, -0.2) is 4.39 Å². The number of nitrogens with one attached hydrogen (secondary N) is 1. The fourth-order valence-electron chi connectivity index (χ4n) is 3.09. The molecule has 1 heterocycles. The second kappa shape index (κ2) is 7.09. The first-order valence-electron chi connectivity index (χ1n) is 8.53. The van der Waals surface area contributed by atoms with Gasteiger partial charge in [0.2, 0.25) is 0 Å². The molecule has 0 radical (unpaired) electrons. The molecule has 1 fully saturated rings. The van der Waals surface area contributed by atoms with E-state index in [1.54, 1.807) is 18.2 Å². The fraction of sp³-hybridized carbons (Fsp3) is 0.150. The lowest BCUT2D eigenvalue weighted by molar-refractivity contribution is -0.384. The minimum Gasteiger partial charge on any atom is -0.451 e. The zero-order chi connectivity index (χ0) is 19.8. The third-order valence-electron chi connectivity index (χ3n) is 4.66. The second-order valence-electron chi connectivity index (χ2n) is 6.56. The summed E-state index contributed by atoms with van der Waals surface area (Å²) in [6.07, 6.45) is 0.777. The van der Waals surface area contributed by atoms with Crippen molar-refractivity contribution in [3.8, 4) is 11.3 Å². The molecule has 1 aromatic heterocycles. The molecular formula is C20H14ClFN2O4. The van der Waals surface area contributed by atoms with Crippen LogP contribution >= 0.6 is 11.6 Å². The third-order valence-corrected chi connectivity index (χ3v) is 4.98. The van der Waals surface area contributed by atoms with Crippen LogP contribution in [0.15, 0.2) is 59.0 Å². The number of halogens is 2. The smallest absolute Gasteiger partial charge is 0.287 e. The maximum atomic E-state index is 13.0. The number of nitro groups is 1. The number of carbonyl (C=O) groups is 1. The summed E-state index contributed by atoms with van der Waals surface area (Å²) in [6, 6.07) is 13.4. The molecule has 2 aromatic carbocycles. The number of hydrogen-bond donors (Lipinski definition) is 1. The SMILES string of the molecule is O=C(N[C@@H]1C[C@@H]1c1ccc(F)cc1)c1ccc(-c2ccc([N+](=O)[O-])cc2Cl)o1. The van der Waals surface area contributed by atoms with Gasteiger partial charge in [-0.3, -0.25) is 14.9 Å². The van der Waals surface area contributed by atoms with Gasteiger partial charge >= 0.3 is 0 Å². The molecule has 0 unspecified atom stereocenters. The molecule has 0 bridgehead atoms. The highest BCUT2D eigenvalue weighted by Crippen LogP contribution is 2.41. The van der Waals surface area contributed by atoms with Crippen LogP contribution in [0.3, 0.4) is 0 Å². The molecule has 1 N–H and O–H groups in total. The lowest BCUT2D eigenvalue weighted by Gasteiger charge is -2.04. The first-order valence-corrected chi connectivity index (χ1v) is 8.90. The Morgan fingerprint density at radius 2 is 1.93 bits per heavy atom. The van der Waals surface area contributed by atoms with Crippen molar-refractivity contribution in [3.63, 3.8) is 0 Å². The van der Waals surface area contributed by atoms with E-state index in [0.29, 0.717) is 11.3 Å². The van der Waals surface area contributed by atoms with Gasteiger partial charge < -0.3 is 9.73 Å². The Kier molecular flexibility index (Phi) is 4.60. The standard InChI is InChI=1S/C20H14ClFN2O4/c21-16-9-13(24(26)27)5-6-14(16)18-7-8-19(28-18)20(25)23-17-10-15(17)11-1-3-12(22)4-2-11/h1-9,15,17H,10H2,(H,23,25)/t15-,17-/m1/s1. The Hall–Kier alpha value is -3.19. The summed E-state index contributed by atoms with van der Waals surface area (Å²) >= 11 is 6.10. The molecule has 1 saturated carbocycles. The van der Waals surface area contributed by atoms with Crippen molar-refractivity contribution in [2.24, 2.45) is 0 Å². The van der Waals surface area contributed by atoms with E-state index < -0.39 is 4.92 Å². The zero-order valence-electron chi connectivity index (χ0n) is 14.4. The maximum absolute atomic E-state index is 13.0. The van der Waals surface area contributed by atoms with Gasteiger partial charge in [0.15, 0.2) is 5.76 Å². The topological polar surface area (TPSA) is 85.4 Å². The summed E-state index contributed by atoms with van der Waals surface area (Å²) in [5.41, 5.74) is 1.31. The number of furan rings is 1. The summed E-state index contributed by atoms with van der Waals surface area (Å²) in [5.74, 6) is -0.0369. The Labute approximate surface area is 164 Å². The number of hydrogen-bond acceptors (Lipinski definition) is 4. The van der Waals surface area contributed by atoms with E-state index in [4.69, 9.17) is 16.0 Å². The van der Waals surface area contributed by atoms with E-state index >= 15 is 0 Å². The molecule has 6 nitrogen and oxygen atoms in total. The average Bonchev–Trinajstić information content (AvgIpc) is 3.25. The Balaban J connectivity index is 1.44. The van der Waals surface area contributed by atoms with Gasteiger partial charge in [-0.1, -0.05) is 23.7 Å². The van der Waals surface area contributed by atoms with Gasteiger partial charge in [0, 0.05) is 29.7 Å². The molecule has 1 aliphatic carbocycles. The molecule has 4 rings (SSSR count). The Morgan fingerprint density at radius 3 is 2.61 bits per heavy atom. The normalized spacial score (nSPS) is 17.9. The van der Waals surface area contributed by atoms with Crippen molar-refractivity contribution < 1.29 is 18.5 Å². The molecule has 0 spiro atoms. The molecule has 0 saturated heterocycles. The largest absolute Gasteiger partial charge is 0.451 e. The van der Waals surface area contributed by atoms with Crippen molar-refractivity contribution in [2.45, 2.75) is 18.4 Å². The number of amides is 1. The minimum absolute atomic E-state index is 0.0329. The molecule has 1 aliphatic rings. The molecular weight excluding hydrogens is 387 g/mol. The molecule has 0 aliphatic heterocycles. The van der Waals surface area contributed by atoms with Crippen LogP contribution in [0.2, 0.25) is 5.02 Å². The number of nitro benzene ring substituents is 1. The van der Waals surface area contributed by atoms with Crippen LogP contribution in [-0.2, 0) is 0 Å². The molecule has 3 aromatic rings. The minimum atomic E-state index is -0.538. The van der Waals surface area contributed by atoms with E-state index in [9.17, 15) is 19.3 Å². The Morgan fingerprint density at radius 1 is 1.18 bits per heavy atom. The lowest BCUT2D eigenvalue weighted by atomic mass is 10.1. The molecule has 2 atom stereocenters. The number of non-ortho nitro benzene ring substituents is 1. The van der Waals surface area contributed by atoms with E-state index in [-0.39, 0.29) is 40.2 Å². The second-order valence-corrected chi connectivity index (χ2v) is 6.97. The predicted molar refractivity (Wildman–Crippen MR) is 101 cm³/mol. The van der Waals surface area contributed by atoms with Gasteiger partial charge in [0.1, 0.15) is 11.6 Å². The van der Waals surface area contributed by atoms with Crippen LogP contribution in [-0.4, -0.2) is 16.9 Å². The Bertz CT molecular complexity index is 1060.